The van der Waals surface area contributed by atoms with Crippen molar-refractivity contribution in [2.75, 3.05) is 0 Å². The van der Waals surface area contributed by atoms with Gasteiger partial charge >= 0.3 is 0 Å². The molecule has 0 aliphatic carbocycles. The maximum absolute atomic E-state index is 11.6. The monoisotopic (exact) mass is 218 g/mol. The topological polar surface area (TPSA) is 17.1 Å². The molecule has 1 heteroatoms. The maximum atomic E-state index is 11.6. The molecule has 0 aliphatic heterocycles. The number of rotatable bonds is 6. The molecular weight excluding hydrogens is 196 g/mol. The van der Waals surface area contributed by atoms with Crippen molar-refractivity contribution in [1.82, 2.24) is 0 Å². The molecule has 1 aromatic rings. The van der Waals surface area contributed by atoms with Crippen LogP contribution in [0, 0.1) is 12.8 Å². The van der Waals surface area contributed by atoms with E-state index >= 15 is 0 Å². The minimum absolute atomic E-state index is 0.209. The summed E-state index contributed by atoms with van der Waals surface area (Å²) in [6.07, 6.45) is 4.25. The zero-order valence-corrected chi connectivity index (χ0v) is 10.6. The lowest BCUT2D eigenvalue weighted by Gasteiger charge is -2.14. The fraction of sp³-hybridized carbons (Fsp3) is 0.533. The number of hydrogen-bond donors (Lipinski definition) is 0. The summed E-state index contributed by atoms with van der Waals surface area (Å²) in [5, 5.41) is 0. The Balaban J connectivity index is 2.68. The van der Waals surface area contributed by atoms with Crippen LogP contribution in [0.3, 0.4) is 0 Å². The normalized spacial score (nSPS) is 12.4. The second-order valence-electron chi connectivity index (χ2n) is 4.58. The molecule has 16 heavy (non-hydrogen) atoms. The van der Waals surface area contributed by atoms with Crippen LogP contribution in [-0.2, 0) is 11.2 Å². The van der Waals surface area contributed by atoms with Crippen molar-refractivity contribution in [3.05, 3.63) is 35.4 Å². The van der Waals surface area contributed by atoms with Crippen molar-refractivity contribution in [3.63, 3.8) is 0 Å². The Labute approximate surface area is 98.9 Å². The third-order valence-corrected chi connectivity index (χ3v) is 3.21. The highest BCUT2D eigenvalue weighted by molar-refractivity contribution is 5.78. The predicted octanol–water partition coefficient (Wildman–Crippen LogP) is 3.93. The van der Waals surface area contributed by atoms with Crippen LogP contribution in [-0.4, -0.2) is 5.78 Å². The summed E-state index contributed by atoms with van der Waals surface area (Å²) >= 11 is 0. The molecule has 0 amide bonds. The van der Waals surface area contributed by atoms with Crippen LogP contribution in [0.5, 0.6) is 0 Å². The highest BCUT2D eigenvalue weighted by Crippen LogP contribution is 2.18. The average molecular weight is 218 g/mol. The van der Waals surface area contributed by atoms with Gasteiger partial charge in [-0.05, 0) is 37.8 Å². The van der Waals surface area contributed by atoms with Gasteiger partial charge in [0.15, 0.2) is 0 Å². The van der Waals surface area contributed by atoms with Gasteiger partial charge in [0.1, 0.15) is 5.78 Å². The molecule has 1 rings (SSSR count). The third-order valence-electron chi connectivity index (χ3n) is 3.21. The Morgan fingerprint density at radius 2 is 2.00 bits per heavy atom. The molecule has 0 radical (unpaired) electrons. The minimum atomic E-state index is 0.209. The van der Waals surface area contributed by atoms with Gasteiger partial charge in [0.25, 0.3) is 0 Å². The molecule has 88 valence electrons. The number of aryl methyl sites for hydroxylation is 1. The molecule has 0 saturated heterocycles. The van der Waals surface area contributed by atoms with Gasteiger partial charge in [-0.25, -0.2) is 0 Å². The van der Waals surface area contributed by atoms with Gasteiger partial charge in [-0.3, -0.25) is 4.79 Å². The molecule has 0 fully saturated rings. The number of Topliss-reactive ketones (excluding diaryl/α,β-unsaturated/α-hetero) is 1. The first-order valence-electron chi connectivity index (χ1n) is 6.20. The molecule has 0 spiro atoms. The van der Waals surface area contributed by atoms with Gasteiger partial charge in [-0.1, -0.05) is 44.0 Å². The Morgan fingerprint density at radius 3 is 2.56 bits per heavy atom. The molecular formula is C15H22O. The number of ketones is 1. The van der Waals surface area contributed by atoms with Crippen molar-refractivity contribution < 1.29 is 4.79 Å². The molecule has 1 unspecified atom stereocenters. The Kier molecular flexibility index (Phi) is 5.24. The SMILES string of the molecule is CCCCC(Cc1ccccc1C)C(C)=O. The van der Waals surface area contributed by atoms with Gasteiger partial charge in [-0.2, -0.15) is 0 Å². The molecule has 0 saturated carbocycles. The molecule has 1 nitrogen and oxygen atoms in total. The van der Waals surface area contributed by atoms with Gasteiger partial charge in [0.2, 0.25) is 0 Å². The van der Waals surface area contributed by atoms with E-state index in [9.17, 15) is 4.79 Å². The lowest BCUT2D eigenvalue weighted by atomic mass is 9.89. The smallest absolute Gasteiger partial charge is 0.133 e. The Morgan fingerprint density at radius 1 is 1.31 bits per heavy atom. The van der Waals surface area contributed by atoms with E-state index in [1.165, 1.54) is 11.1 Å². The highest BCUT2D eigenvalue weighted by Gasteiger charge is 2.14. The lowest BCUT2D eigenvalue weighted by Crippen LogP contribution is -2.14. The minimum Gasteiger partial charge on any atom is -0.300 e. The molecule has 0 bridgehead atoms. The van der Waals surface area contributed by atoms with Crippen LogP contribution in [0.4, 0.5) is 0 Å². The fourth-order valence-corrected chi connectivity index (χ4v) is 2.00. The van der Waals surface area contributed by atoms with Crippen molar-refractivity contribution in [3.8, 4) is 0 Å². The molecule has 0 aromatic heterocycles. The quantitative estimate of drug-likeness (QED) is 0.707. The molecule has 0 heterocycles. The van der Waals surface area contributed by atoms with Gasteiger partial charge in [0.05, 0.1) is 0 Å². The first kappa shape index (κ1) is 13.0. The number of benzene rings is 1. The first-order chi connectivity index (χ1) is 7.65. The summed E-state index contributed by atoms with van der Waals surface area (Å²) in [6, 6.07) is 8.36. The van der Waals surface area contributed by atoms with E-state index in [0.717, 1.165) is 25.7 Å². The van der Waals surface area contributed by atoms with Crippen LogP contribution in [0.25, 0.3) is 0 Å². The van der Waals surface area contributed by atoms with E-state index in [0.29, 0.717) is 5.78 Å². The number of hydrogen-bond acceptors (Lipinski definition) is 1. The molecule has 1 aromatic carbocycles. The van der Waals surface area contributed by atoms with E-state index in [2.05, 4.69) is 32.0 Å². The van der Waals surface area contributed by atoms with E-state index in [4.69, 9.17) is 0 Å². The lowest BCUT2D eigenvalue weighted by molar-refractivity contribution is -0.120. The van der Waals surface area contributed by atoms with Crippen molar-refractivity contribution in [2.24, 2.45) is 5.92 Å². The summed E-state index contributed by atoms with van der Waals surface area (Å²) in [6.45, 7) is 6.01. The van der Waals surface area contributed by atoms with E-state index in [-0.39, 0.29) is 5.92 Å². The first-order valence-corrected chi connectivity index (χ1v) is 6.20. The average Bonchev–Trinajstić information content (AvgIpc) is 2.26. The fourth-order valence-electron chi connectivity index (χ4n) is 2.00. The zero-order chi connectivity index (χ0) is 12.0. The zero-order valence-electron chi connectivity index (χ0n) is 10.6. The van der Waals surface area contributed by atoms with Gasteiger partial charge < -0.3 is 0 Å². The summed E-state index contributed by atoms with van der Waals surface area (Å²) in [5.41, 5.74) is 2.61. The summed E-state index contributed by atoms with van der Waals surface area (Å²) in [7, 11) is 0. The molecule has 1 atom stereocenters. The maximum Gasteiger partial charge on any atom is 0.133 e. The molecule has 0 N–H and O–H groups in total. The van der Waals surface area contributed by atoms with Crippen molar-refractivity contribution in [2.45, 2.75) is 46.5 Å². The van der Waals surface area contributed by atoms with Gasteiger partial charge in [0, 0.05) is 5.92 Å². The largest absolute Gasteiger partial charge is 0.300 e. The van der Waals surface area contributed by atoms with Crippen LogP contribution in [0.2, 0.25) is 0 Å². The van der Waals surface area contributed by atoms with Crippen molar-refractivity contribution in [1.29, 1.82) is 0 Å². The second kappa shape index (κ2) is 6.47. The Hall–Kier alpha value is -1.11. The standard InChI is InChI=1S/C15H22O/c1-4-5-9-15(13(3)16)11-14-10-7-6-8-12(14)2/h6-8,10,15H,4-5,9,11H2,1-3H3. The van der Waals surface area contributed by atoms with Crippen LogP contribution in [0.15, 0.2) is 24.3 Å². The molecule has 0 aliphatic rings. The number of carbonyl (C=O) groups is 1. The second-order valence-corrected chi connectivity index (χ2v) is 4.58. The van der Waals surface area contributed by atoms with Gasteiger partial charge in [-0.15, -0.1) is 0 Å². The summed E-state index contributed by atoms with van der Waals surface area (Å²) in [5.74, 6) is 0.540. The van der Waals surface area contributed by atoms with Crippen LogP contribution < -0.4 is 0 Å². The third kappa shape index (κ3) is 3.80. The van der Waals surface area contributed by atoms with Crippen molar-refractivity contribution >= 4 is 5.78 Å². The van der Waals surface area contributed by atoms with Crippen LogP contribution >= 0.6 is 0 Å². The van der Waals surface area contributed by atoms with E-state index in [1.54, 1.807) is 6.92 Å². The Bertz CT molecular complexity index is 341. The summed E-state index contributed by atoms with van der Waals surface area (Å²) < 4.78 is 0. The number of carbonyl (C=O) groups excluding carboxylic acids is 1. The number of unbranched alkanes of at least 4 members (excludes halogenated alkanes) is 1. The summed E-state index contributed by atoms with van der Waals surface area (Å²) in [4.78, 5) is 11.6. The van der Waals surface area contributed by atoms with Crippen LogP contribution in [0.1, 0.15) is 44.2 Å². The highest BCUT2D eigenvalue weighted by atomic mass is 16.1. The predicted molar refractivity (Wildman–Crippen MR) is 68.6 cm³/mol. The van der Waals surface area contributed by atoms with E-state index in [1.807, 2.05) is 6.07 Å². The van der Waals surface area contributed by atoms with E-state index < -0.39 is 0 Å².